The summed E-state index contributed by atoms with van der Waals surface area (Å²) in [6, 6.07) is 16.2. The van der Waals surface area contributed by atoms with Crippen molar-refractivity contribution in [3.8, 4) is 5.75 Å². The van der Waals surface area contributed by atoms with Gasteiger partial charge in [-0.3, -0.25) is 9.59 Å². The van der Waals surface area contributed by atoms with Crippen molar-refractivity contribution in [1.29, 1.82) is 0 Å². The normalized spacial score (nSPS) is 10.7. The van der Waals surface area contributed by atoms with Gasteiger partial charge in [0.2, 0.25) is 0 Å². The van der Waals surface area contributed by atoms with Crippen molar-refractivity contribution >= 4 is 28.8 Å². The first kappa shape index (κ1) is 15.3. The minimum atomic E-state index is -0.341. The van der Waals surface area contributed by atoms with E-state index in [4.69, 9.17) is 16.3 Å². The quantitative estimate of drug-likeness (QED) is 0.673. The van der Waals surface area contributed by atoms with E-state index >= 15 is 0 Å². The Morgan fingerprint density at radius 1 is 1.09 bits per heavy atom. The predicted molar refractivity (Wildman–Crippen MR) is 90.5 cm³/mol. The Morgan fingerprint density at radius 2 is 1.87 bits per heavy atom. The van der Waals surface area contributed by atoms with Crippen LogP contribution in [0.25, 0.3) is 10.9 Å². The Hall–Kier alpha value is -2.59. The van der Waals surface area contributed by atoms with E-state index in [1.165, 1.54) is 4.57 Å². The summed E-state index contributed by atoms with van der Waals surface area (Å²) in [6.07, 6.45) is 0.574. The molecule has 2 aromatic carbocycles. The lowest BCUT2D eigenvalue weighted by atomic mass is 10.1. The Morgan fingerprint density at radius 3 is 2.61 bits per heavy atom. The number of fused-ring (bicyclic) bond motifs is 1. The second-order valence-corrected chi connectivity index (χ2v) is 5.48. The van der Waals surface area contributed by atoms with Crippen LogP contribution in [0, 0.1) is 0 Å². The number of nitrogens with zero attached hydrogens (tertiary/aromatic N) is 1. The minimum absolute atomic E-state index is 0.125. The summed E-state index contributed by atoms with van der Waals surface area (Å²) >= 11 is 6.03. The van der Waals surface area contributed by atoms with E-state index in [1.54, 1.807) is 24.3 Å². The molecule has 0 atom stereocenters. The zero-order chi connectivity index (χ0) is 16.2. The molecule has 116 valence electrons. The molecular weight excluding hydrogens is 314 g/mol. The second-order valence-electron chi connectivity index (χ2n) is 5.04. The van der Waals surface area contributed by atoms with E-state index in [2.05, 4.69) is 0 Å². The topological polar surface area (TPSA) is 48.3 Å². The lowest BCUT2D eigenvalue weighted by molar-refractivity contribution is 0.112. The first-order chi connectivity index (χ1) is 11.2. The van der Waals surface area contributed by atoms with Gasteiger partial charge in [0.15, 0.2) is 6.29 Å². The molecule has 0 saturated carbocycles. The molecule has 4 nitrogen and oxygen atoms in total. The summed E-state index contributed by atoms with van der Waals surface area (Å²) in [6.45, 7) is 0.639. The van der Waals surface area contributed by atoms with Crippen LogP contribution in [-0.2, 0) is 6.54 Å². The summed E-state index contributed by atoms with van der Waals surface area (Å²) in [5, 5.41) is 1.32. The fraction of sp³-hybridized carbons (Fsp3) is 0.111. The van der Waals surface area contributed by atoms with Gasteiger partial charge in [0.25, 0.3) is 5.56 Å². The zero-order valence-corrected chi connectivity index (χ0v) is 13.0. The molecule has 0 aliphatic rings. The molecule has 0 bridgehead atoms. The summed E-state index contributed by atoms with van der Waals surface area (Å²) in [5.41, 5.74) is 0.468. The van der Waals surface area contributed by atoms with Crippen LogP contribution >= 0.6 is 11.6 Å². The summed E-state index contributed by atoms with van der Waals surface area (Å²) < 4.78 is 7.16. The molecule has 0 aliphatic heterocycles. The van der Waals surface area contributed by atoms with Crippen molar-refractivity contribution < 1.29 is 9.53 Å². The Balaban J connectivity index is 1.94. The van der Waals surface area contributed by atoms with Crippen LogP contribution in [0.5, 0.6) is 5.75 Å². The molecule has 0 fully saturated rings. The highest BCUT2D eigenvalue weighted by Gasteiger charge is 2.09. The van der Waals surface area contributed by atoms with Crippen LogP contribution in [0.2, 0.25) is 5.02 Å². The molecule has 0 unspecified atom stereocenters. The molecule has 0 spiro atoms. The fourth-order valence-corrected chi connectivity index (χ4v) is 2.61. The van der Waals surface area contributed by atoms with Gasteiger partial charge in [0, 0.05) is 5.02 Å². The summed E-state index contributed by atoms with van der Waals surface area (Å²) in [7, 11) is 0. The highest BCUT2D eigenvalue weighted by atomic mass is 35.5. The van der Waals surface area contributed by atoms with Gasteiger partial charge >= 0.3 is 0 Å². The van der Waals surface area contributed by atoms with Crippen molar-refractivity contribution in [2.24, 2.45) is 0 Å². The molecule has 1 aromatic heterocycles. The summed E-state index contributed by atoms with van der Waals surface area (Å²) in [4.78, 5) is 23.5. The average molecular weight is 328 g/mol. The van der Waals surface area contributed by atoms with Gasteiger partial charge in [-0.15, -0.1) is 0 Å². The maximum atomic E-state index is 12.4. The van der Waals surface area contributed by atoms with E-state index in [1.807, 2.05) is 30.3 Å². The predicted octanol–water partition coefficient (Wildman–Crippen LogP) is 3.55. The SMILES string of the molecule is O=Cc1cc2ccc(Cl)cc2n(CCOc2ccccc2)c1=O. The minimum Gasteiger partial charge on any atom is -0.492 e. The van der Waals surface area contributed by atoms with E-state index in [9.17, 15) is 9.59 Å². The monoisotopic (exact) mass is 327 g/mol. The highest BCUT2D eigenvalue weighted by Crippen LogP contribution is 2.19. The van der Waals surface area contributed by atoms with Crippen LogP contribution in [0.3, 0.4) is 0 Å². The number of pyridine rings is 1. The van der Waals surface area contributed by atoms with E-state index in [-0.39, 0.29) is 11.1 Å². The zero-order valence-electron chi connectivity index (χ0n) is 12.2. The first-order valence-corrected chi connectivity index (χ1v) is 7.53. The number of aldehydes is 1. The molecule has 3 aromatic rings. The Labute approximate surface area is 137 Å². The van der Waals surface area contributed by atoms with E-state index in [0.29, 0.717) is 30.0 Å². The largest absolute Gasteiger partial charge is 0.492 e. The van der Waals surface area contributed by atoms with Gasteiger partial charge in [0.1, 0.15) is 12.4 Å². The average Bonchev–Trinajstić information content (AvgIpc) is 2.57. The van der Waals surface area contributed by atoms with Crippen LogP contribution in [-0.4, -0.2) is 17.5 Å². The molecular formula is C18H14ClNO3. The molecule has 0 saturated heterocycles. The summed E-state index contributed by atoms with van der Waals surface area (Å²) in [5.74, 6) is 0.731. The number of carbonyl (C=O) groups excluding carboxylic acids is 1. The number of hydrogen-bond donors (Lipinski definition) is 0. The lowest BCUT2D eigenvalue weighted by Gasteiger charge is -2.12. The van der Waals surface area contributed by atoms with Gasteiger partial charge in [-0.05, 0) is 35.7 Å². The molecule has 0 amide bonds. The first-order valence-electron chi connectivity index (χ1n) is 7.15. The highest BCUT2D eigenvalue weighted by molar-refractivity contribution is 6.31. The van der Waals surface area contributed by atoms with Gasteiger partial charge in [0.05, 0.1) is 17.6 Å². The third-order valence-electron chi connectivity index (χ3n) is 3.54. The maximum Gasteiger partial charge on any atom is 0.261 e. The van der Waals surface area contributed by atoms with Gasteiger partial charge in [-0.1, -0.05) is 35.9 Å². The molecule has 0 radical (unpaired) electrons. The molecule has 0 N–H and O–H groups in total. The van der Waals surface area contributed by atoms with Crippen molar-refractivity contribution in [2.45, 2.75) is 6.54 Å². The molecule has 23 heavy (non-hydrogen) atoms. The number of halogens is 1. The number of rotatable bonds is 5. The van der Waals surface area contributed by atoms with Crippen molar-refractivity contribution in [2.75, 3.05) is 6.61 Å². The van der Waals surface area contributed by atoms with E-state index in [0.717, 1.165) is 11.1 Å². The molecule has 1 heterocycles. The van der Waals surface area contributed by atoms with Crippen LogP contribution in [0.4, 0.5) is 0 Å². The number of hydrogen-bond acceptors (Lipinski definition) is 3. The number of ether oxygens (including phenoxy) is 1. The molecule has 5 heteroatoms. The van der Waals surface area contributed by atoms with Crippen LogP contribution < -0.4 is 10.3 Å². The second kappa shape index (κ2) is 6.67. The molecule has 3 rings (SSSR count). The van der Waals surface area contributed by atoms with Gasteiger partial charge < -0.3 is 9.30 Å². The van der Waals surface area contributed by atoms with Crippen molar-refractivity contribution in [3.05, 3.63) is 75.5 Å². The third kappa shape index (κ3) is 3.27. The third-order valence-corrected chi connectivity index (χ3v) is 3.78. The smallest absolute Gasteiger partial charge is 0.261 e. The van der Waals surface area contributed by atoms with Crippen LogP contribution in [0.15, 0.2) is 59.4 Å². The Bertz CT molecular complexity index is 903. The number of para-hydroxylation sites is 1. The standard InChI is InChI=1S/C18H14ClNO3/c19-15-7-6-13-10-14(12-21)18(22)20(17(13)11-15)8-9-23-16-4-2-1-3-5-16/h1-7,10-12H,8-9H2. The molecule has 0 aliphatic carbocycles. The van der Waals surface area contributed by atoms with E-state index < -0.39 is 0 Å². The lowest BCUT2D eigenvalue weighted by Crippen LogP contribution is -2.26. The number of benzene rings is 2. The van der Waals surface area contributed by atoms with Crippen LogP contribution in [0.1, 0.15) is 10.4 Å². The number of carbonyl (C=O) groups is 1. The number of aromatic nitrogens is 1. The van der Waals surface area contributed by atoms with Crippen molar-refractivity contribution in [1.82, 2.24) is 4.57 Å². The fourth-order valence-electron chi connectivity index (χ4n) is 2.45. The van der Waals surface area contributed by atoms with Gasteiger partial charge in [-0.25, -0.2) is 0 Å². The van der Waals surface area contributed by atoms with Gasteiger partial charge in [-0.2, -0.15) is 0 Å². The van der Waals surface area contributed by atoms with Crippen molar-refractivity contribution in [3.63, 3.8) is 0 Å². The maximum absolute atomic E-state index is 12.4. The Kier molecular flexibility index (Phi) is 4.44.